The van der Waals surface area contributed by atoms with Crippen molar-refractivity contribution in [3.8, 4) is 5.75 Å². The summed E-state index contributed by atoms with van der Waals surface area (Å²) in [6.45, 7) is -0.616. The zero-order chi connectivity index (χ0) is 17.9. The van der Waals surface area contributed by atoms with Crippen molar-refractivity contribution in [1.82, 2.24) is 10.6 Å². The largest absolute Gasteiger partial charge is 0.435 e. The Kier molecular flexibility index (Phi) is 8.53. The van der Waals surface area contributed by atoms with Gasteiger partial charge in [0.1, 0.15) is 5.75 Å². The topological polar surface area (TPSA) is 93.5 Å². The zero-order valence-corrected chi connectivity index (χ0v) is 13.6. The van der Waals surface area contributed by atoms with E-state index in [0.717, 1.165) is 12.8 Å². The van der Waals surface area contributed by atoms with Crippen LogP contribution in [-0.2, 0) is 4.79 Å². The summed E-state index contributed by atoms with van der Waals surface area (Å²) in [6.07, 6.45) is 2.58. The van der Waals surface area contributed by atoms with Gasteiger partial charge in [0.15, 0.2) is 0 Å². The van der Waals surface area contributed by atoms with Crippen molar-refractivity contribution < 1.29 is 23.1 Å². The number of benzene rings is 1. The predicted molar refractivity (Wildman–Crippen MR) is 85.7 cm³/mol. The van der Waals surface area contributed by atoms with Crippen LogP contribution < -0.4 is 21.1 Å². The number of primary amides is 1. The lowest BCUT2D eigenvalue weighted by molar-refractivity contribution is -0.121. The van der Waals surface area contributed by atoms with Gasteiger partial charge in [-0.1, -0.05) is 18.6 Å². The first-order chi connectivity index (χ1) is 11.4. The number of nitrogens with two attached hydrogens (primary N) is 1. The van der Waals surface area contributed by atoms with Crippen LogP contribution in [0, 0.1) is 0 Å². The molecular weight excluding hydrogens is 320 g/mol. The van der Waals surface area contributed by atoms with E-state index in [1.165, 1.54) is 12.1 Å². The molecule has 0 aliphatic rings. The molecule has 1 rings (SSSR count). The summed E-state index contributed by atoms with van der Waals surface area (Å²) in [7, 11) is 0. The molecule has 0 aliphatic carbocycles. The molecule has 8 heteroatoms. The number of amides is 3. The standard InChI is InChI=1S/C16H23F2N3O3/c1-11(12-6-5-7-13(10-12)24-15(17)18)21-14(22)8-3-2-4-9-20-16(19)23/h5-7,10-11,15H,2-4,8-9H2,1H3,(H,21,22)(H3,19,20,23)/t11-/m0/s1. The van der Waals surface area contributed by atoms with Crippen molar-refractivity contribution in [2.75, 3.05) is 6.54 Å². The summed E-state index contributed by atoms with van der Waals surface area (Å²) >= 11 is 0. The molecule has 0 heterocycles. The smallest absolute Gasteiger partial charge is 0.387 e. The van der Waals surface area contributed by atoms with E-state index in [-0.39, 0.29) is 17.7 Å². The highest BCUT2D eigenvalue weighted by molar-refractivity contribution is 5.76. The summed E-state index contributed by atoms with van der Waals surface area (Å²) < 4.78 is 28.8. The number of nitrogens with one attached hydrogen (secondary N) is 2. The third kappa shape index (κ3) is 8.30. The summed E-state index contributed by atoms with van der Waals surface area (Å²) in [6, 6.07) is 5.38. The number of carbonyl (C=O) groups is 2. The molecule has 0 unspecified atom stereocenters. The van der Waals surface area contributed by atoms with Crippen LogP contribution in [0.2, 0.25) is 0 Å². The van der Waals surface area contributed by atoms with Crippen LogP contribution in [0.15, 0.2) is 24.3 Å². The maximum absolute atomic E-state index is 12.2. The van der Waals surface area contributed by atoms with Gasteiger partial charge in [-0.25, -0.2) is 4.79 Å². The number of alkyl halides is 2. The average molecular weight is 343 g/mol. The third-order valence-corrected chi connectivity index (χ3v) is 3.34. The lowest BCUT2D eigenvalue weighted by atomic mass is 10.1. The number of rotatable bonds is 10. The molecule has 0 fully saturated rings. The molecule has 6 nitrogen and oxygen atoms in total. The molecular formula is C16H23F2N3O3. The SMILES string of the molecule is C[C@H](NC(=O)CCCCCNC(N)=O)c1cccc(OC(F)F)c1. The Hall–Kier alpha value is -2.38. The number of hydrogen-bond donors (Lipinski definition) is 3. The Balaban J connectivity index is 2.32. The van der Waals surface area contributed by atoms with Crippen LogP contribution in [0.4, 0.5) is 13.6 Å². The molecule has 0 aromatic heterocycles. The molecule has 1 aromatic rings. The number of unbranched alkanes of at least 4 members (excludes halogenated alkanes) is 2. The van der Waals surface area contributed by atoms with E-state index in [0.29, 0.717) is 24.9 Å². The fourth-order valence-electron chi connectivity index (χ4n) is 2.16. The lowest BCUT2D eigenvalue weighted by Gasteiger charge is -2.15. The molecule has 1 atom stereocenters. The van der Waals surface area contributed by atoms with Gasteiger partial charge in [0, 0.05) is 13.0 Å². The normalized spacial score (nSPS) is 11.8. The van der Waals surface area contributed by atoms with Crippen LogP contribution >= 0.6 is 0 Å². The number of urea groups is 1. The molecule has 24 heavy (non-hydrogen) atoms. The average Bonchev–Trinajstić information content (AvgIpc) is 2.50. The highest BCUT2D eigenvalue weighted by Crippen LogP contribution is 2.20. The molecule has 0 aliphatic heterocycles. The fraction of sp³-hybridized carbons (Fsp3) is 0.500. The highest BCUT2D eigenvalue weighted by Gasteiger charge is 2.11. The quantitative estimate of drug-likeness (QED) is 0.570. The number of halogens is 2. The van der Waals surface area contributed by atoms with Gasteiger partial charge in [0.2, 0.25) is 5.91 Å². The minimum absolute atomic E-state index is 0.0607. The second kappa shape index (κ2) is 10.4. The van der Waals surface area contributed by atoms with E-state index in [4.69, 9.17) is 5.73 Å². The van der Waals surface area contributed by atoms with Crippen molar-refractivity contribution in [1.29, 1.82) is 0 Å². The van der Waals surface area contributed by atoms with Gasteiger partial charge < -0.3 is 21.1 Å². The molecule has 3 amide bonds. The van der Waals surface area contributed by atoms with E-state index in [2.05, 4.69) is 15.4 Å². The first-order valence-electron chi connectivity index (χ1n) is 7.76. The van der Waals surface area contributed by atoms with Crippen molar-refractivity contribution >= 4 is 11.9 Å². The molecule has 0 saturated carbocycles. The number of hydrogen-bond acceptors (Lipinski definition) is 3. The Morgan fingerprint density at radius 1 is 1.25 bits per heavy atom. The molecule has 0 spiro atoms. The van der Waals surface area contributed by atoms with Crippen LogP contribution in [0.25, 0.3) is 0 Å². The Morgan fingerprint density at radius 3 is 2.67 bits per heavy atom. The third-order valence-electron chi connectivity index (χ3n) is 3.34. The minimum atomic E-state index is -2.88. The van der Waals surface area contributed by atoms with Gasteiger partial charge in [-0.2, -0.15) is 8.78 Å². The molecule has 0 saturated heterocycles. The van der Waals surface area contributed by atoms with Crippen molar-refractivity contribution in [3.05, 3.63) is 29.8 Å². The second-order valence-corrected chi connectivity index (χ2v) is 5.34. The summed E-state index contributed by atoms with van der Waals surface area (Å²) in [4.78, 5) is 22.4. The van der Waals surface area contributed by atoms with Gasteiger partial charge in [-0.3, -0.25) is 4.79 Å². The molecule has 1 aromatic carbocycles. The van der Waals surface area contributed by atoms with Gasteiger partial charge in [0.25, 0.3) is 0 Å². The van der Waals surface area contributed by atoms with Crippen molar-refractivity contribution in [3.63, 3.8) is 0 Å². The van der Waals surface area contributed by atoms with Crippen molar-refractivity contribution in [2.24, 2.45) is 5.73 Å². The maximum Gasteiger partial charge on any atom is 0.387 e. The van der Waals surface area contributed by atoms with E-state index < -0.39 is 12.6 Å². The first-order valence-corrected chi connectivity index (χ1v) is 7.76. The maximum atomic E-state index is 12.2. The van der Waals surface area contributed by atoms with E-state index >= 15 is 0 Å². The number of carbonyl (C=O) groups excluding carboxylic acids is 2. The van der Waals surface area contributed by atoms with Crippen LogP contribution in [0.5, 0.6) is 5.75 Å². The van der Waals surface area contributed by atoms with E-state index in [1.54, 1.807) is 19.1 Å². The predicted octanol–water partition coefficient (Wildman–Crippen LogP) is 2.69. The monoisotopic (exact) mass is 343 g/mol. The van der Waals surface area contributed by atoms with Crippen LogP contribution in [0.3, 0.4) is 0 Å². The van der Waals surface area contributed by atoms with Gasteiger partial charge in [-0.05, 0) is 37.5 Å². The van der Waals surface area contributed by atoms with Gasteiger partial charge in [-0.15, -0.1) is 0 Å². The molecule has 0 bridgehead atoms. The Bertz CT molecular complexity index is 541. The number of ether oxygens (including phenoxy) is 1. The van der Waals surface area contributed by atoms with Crippen LogP contribution in [0.1, 0.15) is 44.2 Å². The Morgan fingerprint density at radius 2 is 2.00 bits per heavy atom. The van der Waals surface area contributed by atoms with Gasteiger partial charge in [0.05, 0.1) is 6.04 Å². The Labute approximate surface area is 139 Å². The first kappa shape index (κ1) is 19.7. The molecule has 0 radical (unpaired) electrons. The second-order valence-electron chi connectivity index (χ2n) is 5.34. The fourth-order valence-corrected chi connectivity index (χ4v) is 2.16. The molecule has 4 N–H and O–H groups in total. The lowest BCUT2D eigenvalue weighted by Crippen LogP contribution is -2.30. The minimum Gasteiger partial charge on any atom is -0.435 e. The van der Waals surface area contributed by atoms with E-state index in [9.17, 15) is 18.4 Å². The summed E-state index contributed by atoms with van der Waals surface area (Å²) in [5.74, 6) is -0.0592. The van der Waals surface area contributed by atoms with Crippen LogP contribution in [-0.4, -0.2) is 25.1 Å². The molecule has 134 valence electrons. The van der Waals surface area contributed by atoms with E-state index in [1.807, 2.05) is 0 Å². The van der Waals surface area contributed by atoms with Crippen molar-refractivity contribution in [2.45, 2.75) is 45.3 Å². The summed E-state index contributed by atoms with van der Waals surface area (Å²) in [5, 5.41) is 5.29. The highest BCUT2D eigenvalue weighted by atomic mass is 19.3. The summed E-state index contributed by atoms with van der Waals surface area (Å²) in [5.41, 5.74) is 5.63. The van der Waals surface area contributed by atoms with Gasteiger partial charge >= 0.3 is 12.6 Å². The zero-order valence-electron chi connectivity index (χ0n) is 13.6.